The first-order valence-electron chi connectivity index (χ1n) is 6.98. The molecule has 1 heterocycles. The number of nitrogens with zero attached hydrogens (tertiary/aromatic N) is 2. The molecule has 1 saturated heterocycles. The van der Waals surface area contributed by atoms with Crippen LogP contribution < -0.4 is 9.47 Å². The zero-order valence-electron chi connectivity index (χ0n) is 13.2. The van der Waals surface area contributed by atoms with Crippen LogP contribution in [-0.4, -0.2) is 63.9 Å². The van der Waals surface area contributed by atoms with Gasteiger partial charge in [-0.3, -0.25) is 4.79 Å². The molecule has 2 rings (SSSR count). The molecule has 7 nitrogen and oxygen atoms in total. The summed E-state index contributed by atoms with van der Waals surface area (Å²) in [6.45, 7) is 2.23. The molecule has 1 aliphatic rings. The number of amides is 1. The highest BCUT2D eigenvalue weighted by molar-refractivity contribution is 7.89. The number of hydrogen-bond donors (Lipinski definition) is 0. The van der Waals surface area contributed by atoms with Crippen molar-refractivity contribution in [1.29, 1.82) is 0 Å². The Kier molecular flexibility index (Phi) is 5.10. The summed E-state index contributed by atoms with van der Waals surface area (Å²) in [5, 5.41) is 0. The smallest absolute Gasteiger partial charge is 0.246 e. The molecule has 1 aromatic carbocycles. The fourth-order valence-electron chi connectivity index (χ4n) is 2.42. The second-order valence-corrected chi connectivity index (χ2v) is 6.95. The molecule has 0 aromatic heterocycles. The van der Waals surface area contributed by atoms with Crippen LogP contribution in [0.15, 0.2) is 17.0 Å². The van der Waals surface area contributed by atoms with Gasteiger partial charge in [0.15, 0.2) is 11.5 Å². The molecule has 0 N–H and O–H groups in total. The highest BCUT2D eigenvalue weighted by Crippen LogP contribution is 2.33. The summed E-state index contributed by atoms with van der Waals surface area (Å²) in [4.78, 5) is 12.4. The minimum absolute atomic E-state index is 0.112. The zero-order valence-corrected chi connectivity index (χ0v) is 14.0. The predicted octanol–water partition coefficient (Wildman–Crippen LogP) is 0.696. The molecule has 1 amide bonds. The van der Waals surface area contributed by atoms with Gasteiger partial charge in [0.1, 0.15) is 10.7 Å². The molecule has 23 heavy (non-hydrogen) atoms. The SMILES string of the molecule is COc1cc(F)c(S(=O)(=O)N2CCN(C(C)=O)CC2)cc1OC. The molecule has 1 aromatic rings. The van der Waals surface area contributed by atoms with Gasteiger partial charge in [-0.1, -0.05) is 0 Å². The van der Waals surface area contributed by atoms with E-state index in [-0.39, 0.29) is 43.6 Å². The van der Waals surface area contributed by atoms with Gasteiger partial charge < -0.3 is 14.4 Å². The van der Waals surface area contributed by atoms with Crippen LogP contribution in [0.2, 0.25) is 0 Å². The van der Waals surface area contributed by atoms with Crippen LogP contribution in [-0.2, 0) is 14.8 Å². The number of ether oxygens (including phenoxy) is 2. The number of carbonyl (C=O) groups is 1. The number of methoxy groups -OCH3 is 2. The molecule has 9 heteroatoms. The van der Waals surface area contributed by atoms with Crippen molar-refractivity contribution in [1.82, 2.24) is 9.21 Å². The number of piperazine rings is 1. The van der Waals surface area contributed by atoms with Gasteiger partial charge in [-0.15, -0.1) is 0 Å². The highest BCUT2D eigenvalue weighted by Gasteiger charge is 2.32. The van der Waals surface area contributed by atoms with Crippen LogP contribution in [0.4, 0.5) is 4.39 Å². The monoisotopic (exact) mass is 346 g/mol. The second-order valence-electron chi connectivity index (χ2n) is 5.05. The van der Waals surface area contributed by atoms with Gasteiger partial charge >= 0.3 is 0 Å². The molecule has 128 valence electrons. The maximum absolute atomic E-state index is 14.2. The lowest BCUT2D eigenvalue weighted by Crippen LogP contribution is -2.50. The van der Waals surface area contributed by atoms with Crippen molar-refractivity contribution < 1.29 is 27.1 Å². The molecular weight excluding hydrogens is 327 g/mol. The van der Waals surface area contributed by atoms with Gasteiger partial charge in [0.05, 0.1) is 14.2 Å². The fourth-order valence-corrected chi connectivity index (χ4v) is 3.90. The van der Waals surface area contributed by atoms with Crippen molar-refractivity contribution in [2.45, 2.75) is 11.8 Å². The van der Waals surface area contributed by atoms with Crippen molar-refractivity contribution >= 4 is 15.9 Å². The van der Waals surface area contributed by atoms with Crippen molar-refractivity contribution in [2.24, 2.45) is 0 Å². The molecule has 0 radical (unpaired) electrons. The van der Waals surface area contributed by atoms with Gasteiger partial charge in [0, 0.05) is 45.2 Å². The lowest BCUT2D eigenvalue weighted by molar-refractivity contribution is -0.129. The Morgan fingerprint density at radius 2 is 1.61 bits per heavy atom. The lowest BCUT2D eigenvalue weighted by Gasteiger charge is -2.33. The summed E-state index contributed by atoms with van der Waals surface area (Å²) in [7, 11) is -1.33. The topological polar surface area (TPSA) is 76.2 Å². The van der Waals surface area contributed by atoms with E-state index >= 15 is 0 Å². The van der Waals surface area contributed by atoms with Crippen molar-refractivity contribution in [3.05, 3.63) is 17.9 Å². The van der Waals surface area contributed by atoms with Crippen LogP contribution >= 0.6 is 0 Å². The first-order valence-corrected chi connectivity index (χ1v) is 8.42. The Morgan fingerprint density at radius 1 is 1.09 bits per heavy atom. The maximum atomic E-state index is 14.2. The summed E-state index contributed by atoms with van der Waals surface area (Å²) in [5.41, 5.74) is 0. The minimum Gasteiger partial charge on any atom is -0.493 e. The first kappa shape index (κ1) is 17.5. The average molecular weight is 346 g/mol. The third-order valence-corrected chi connectivity index (χ3v) is 5.65. The molecule has 0 saturated carbocycles. The van der Waals surface area contributed by atoms with Crippen molar-refractivity contribution in [3.63, 3.8) is 0 Å². The van der Waals surface area contributed by atoms with Crippen LogP contribution in [0, 0.1) is 5.82 Å². The number of halogens is 1. The van der Waals surface area contributed by atoms with Crippen LogP contribution in [0.5, 0.6) is 11.5 Å². The van der Waals surface area contributed by atoms with E-state index in [1.54, 1.807) is 4.90 Å². The van der Waals surface area contributed by atoms with Gasteiger partial charge in [-0.25, -0.2) is 12.8 Å². The van der Waals surface area contributed by atoms with Crippen LogP contribution in [0.25, 0.3) is 0 Å². The minimum atomic E-state index is -4.01. The third-order valence-electron chi connectivity index (χ3n) is 3.74. The summed E-state index contributed by atoms with van der Waals surface area (Å²) in [5.74, 6) is -0.767. The maximum Gasteiger partial charge on any atom is 0.246 e. The summed E-state index contributed by atoms with van der Waals surface area (Å²) >= 11 is 0. The lowest BCUT2D eigenvalue weighted by atomic mass is 10.3. The number of hydrogen-bond acceptors (Lipinski definition) is 5. The second kappa shape index (κ2) is 6.71. The van der Waals surface area contributed by atoms with Gasteiger partial charge in [-0.2, -0.15) is 4.31 Å². The van der Waals surface area contributed by atoms with Gasteiger partial charge in [-0.05, 0) is 0 Å². The van der Waals surface area contributed by atoms with Crippen LogP contribution in [0.3, 0.4) is 0 Å². The van der Waals surface area contributed by atoms with E-state index in [0.29, 0.717) is 0 Å². The Labute approximate surface area is 134 Å². The quantitative estimate of drug-likeness (QED) is 0.802. The number of sulfonamides is 1. The zero-order chi connectivity index (χ0) is 17.2. The van der Waals surface area contributed by atoms with E-state index in [0.717, 1.165) is 16.4 Å². The molecule has 0 spiro atoms. The first-order chi connectivity index (χ1) is 10.8. The van der Waals surface area contributed by atoms with E-state index in [2.05, 4.69) is 0 Å². The average Bonchev–Trinajstić information content (AvgIpc) is 2.54. The normalized spacial score (nSPS) is 16.3. The largest absolute Gasteiger partial charge is 0.493 e. The Morgan fingerprint density at radius 3 is 2.09 bits per heavy atom. The number of benzene rings is 1. The molecule has 0 bridgehead atoms. The molecule has 1 aliphatic heterocycles. The fraction of sp³-hybridized carbons (Fsp3) is 0.500. The number of carbonyl (C=O) groups excluding carboxylic acids is 1. The Bertz CT molecular complexity index is 699. The summed E-state index contributed by atoms with van der Waals surface area (Å²) in [6.07, 6.45) is 0. The summed E-state index contributed by atoms with van der Waals surface area (Å²) < 4.78 is 50.6. The van der Waals surface area contributed by atoms with Gasteiger partial charge in [0.25, 0.3) is 0 Å². The van der Waals surface area contributed by atoms with E-state index < -0.39 is 20.7 Å². The Balaban J connectivity index is 2.32. The van der Waals surface area contributed by atoms with Crippen LogP contribution in [0.1, 0.15) is 6.92 Å². The third kappa shape index (κ3) is 3.40. The van der Waals surface area contributed by atoms with E-state index in [1.165, 1.54) is 21.1 Å². The standard InChI is InChI=1S/C14H19FN2O5S/c1-10(18)16-4-6-17(7-5-16)23(19,20)14-9-13(22-3)12(21-2)8-11(14)15/h8-9H,4-7H2,1-3H3. The van der Waals surface area contributed by atoms with Crippen molar-refractivity contribution in [2.75, 3.05) is 40.4 Å². The molecule has 0 unspecified atom stereocenters. The van der Waals surface area contributed by atoms with Crippen molar-refractivity contribution in [3.8, 4) is 11.5 Å². The van der Waals surface area contributed by atoms with E-state index in [1.807, 2.05) is 0 Å². The highest BCUT2D eigenvalue weighted by atomic mass is 32.2. The summed E-state index contributed by atoms with van der Waals surface area (Å²) in [6, 6.07) is 2.10. The molecule has 1 fully saturated rings. The molecular formula is C14H19FN2O5S. The molecule has 0 aliphatic carbocycles. The van der Waals surface area contributed by atoms with Gasteiger partial charge in [0.2, 0.25) is 15.9 Å². The van der Waals surface area contributed by atoms with E-state index in [9.17, 15) is 17.6 Å². The predicted molar refractivity (Wildman–Crippen MR) is 80.5 cm³/mol. The van der Waals surface area contributed by atoms with E-state index in [4.69, 9.17) is 9.47 Å². The molecule has 0 atom stereocenters. The Hall–Kier alpha value is -1.87. The number of rotatable bonds is 4.